The van der Waals surface area contributed by atoms with Gasteiger partial charge in [0.15, 0.2) is 5.82 Å². The number of nitrogens with zero attached hydrogens (tertiary/aromatic N) is 3. The van der Waals surface area contributed by atoms with Crippen LogP contribution in [0.5, 0.6) is 0 Å². The first-order valence-corrected chi connectivity index (χ1v) is 10.5. The molecule has 1 aromatic carbocycles. The number of benzene rings is 1. The highest BCUT2D eigenvalue weighted by Gasteiger charge is 2.57. The van der Waals surface area contributed by atoms with E-state index >= 15 is 0 Å². The van der Waals surface area contributed by atoms with Gasteiger partial charge in [0.2, 0.25) is 0 Å². The van der Waals surface area contributed by atoms with E-state index in [4.69, 9.17) is 4.74 Å². The topological polar surface area (TPSA) is 100 Å². The first kappa shape index (κ1) is 19.5. The number of likely N-dealkylation sites (tertiary alicyclic amines) is 1. The van der Waals surface area contributed by atoms with E-state index in [9.17, 15) is 9.59 Å². The van der Waals surface area contributed by atoms with Gasteiger partial charge in [-0.1, -0.05) is 18.2 Å². The molecular formula is C23H25N5O3. The fourth-order valence-electron chi connectivity index (χ4n) is 4.27. The van der Waals surface area contributed by atoms with Gasteiger partial charge < -0.3 is 19.9 Å². The molecule has 0 bridgehead atoms. The third kappa shape index (κ3) is 3.85. The fraction of sp³-hybridized carbons (Fsp3) is 0.391. The van der Waals surface area contributed by atoms with E-state index in [0.29, 0.717) is 30.3 Å². The lowest BCUT2D eigenvalue weighted by Crippen LogP contribution is -2.39. The van der Waals surface area contributed by atoms with Crippen LogP contribution in [0.25, 0.3) is 22.6 Å². The summed E-state index contributed by atoms with van der Waals surface area (Å²) in [6.45, 7) is 6.74. The van der Waals surface area contributed by atoms with E-state index in [2.05, 4.69) is 20.3 Å². The summed E-state index contributed by atoms with van der Waals surface area (Å²) >= 11 is 0. The van der Waals surface area contributed by atoms with Crippen molar-refractivity contribution in [1.82, 2.24) is 25.2 Å². The standard InChI is InChI=1S/C23H25N5O3/c1-23(2,3)31-22(30)27-19-13-11-28(12-14(13)19)21(29)18-10-6-9-17(24-18)20-25-15-7-4-5-8-16(15)26-20/h4-10,13-14,19H,11-12H2,1-3H3,(H,25,26)(H,27,30). The van der Waals surface area contributed by atoms with Gasteiger partial charge in [0.05, 0.1) is 11.0 Å². The van der Waals surface area contributed by atoms with Gasteiger partial charge in [0.1, 0.15) is 17.0 Å². The number of hydrogen-bond donors (Lipinski definition) is 2. The Morgan fingerprint density at radius 3 is 2.52 bits per heavy atom. The Hall–Kier alpha value is -3.42. The number of ether oxygens (including phenoxy) is 1. The zero-order valence-electron chi connectivity index (χ0n) is 17.8. The molecule has 2 N–H and O–H groups in total. The number of carbonyl (C=O) groups is 2. The van der Waals surface area contributed by atoms with Crippen molar-refractivity contribution in [3.05, 3.63) is 48.2 Å². The summed E-state index contributed by atoms with van der Waals surface area (Å²) in [5.74, 6) is 1.09. The number of piperidine rings is 1. The Morgan fingerprint density at radius 2 is 1.81 bits per heavy atom. The van der Waals surface area contributed by atoms with E-state index in [1.54, 1.807) is 6.07 Å². The number of aromatic amines is 1. The molecule has 5 rings (SSSR count). The molecule has 2 atom stereocenters. The molecule has 1 saturated heterocycles. The number of H-pyrrole nitrogens is 1. The summed E-state index contributed by atoms with van der Waals surface area (Å²) in [5.41, 5.74) is 2.30. The number of nitrogens with one attached hydrogen (secondary N) is 2. The van der Waals surface area contributed by atoms with Crippen molar-refractivity contribution >= 4 is 23.0 Å². The number of para-hydroxylation sites is 2. The van der Waals surface area contributed by atoms with Gasteiger partial charge in [-0.05, 0) is 45.0 Å². The second-order valence-corrected chi connectivity index (χ2v) is 9.22. The van der Waals surface area contributed by atoms with Crippen LogP contribution in [-0.2, 0) is 4.74 Å². The van der Waals surface area contributed by atoms with Gasteiger partial charge in [-0.2, -0.15) is 0 Å². The van der Waals surface area contributed by atoms with E-state index < -0.39 is 11.7 Å². The molecule has 0 spiro atoms. The molecule has 2 fully saturated rings. The van der Waals surface area contributed by atoms with Crippen LogP contribution >= 0.6 is 0 Å². The van der Waals surface area contributed by atoms with Crippen molar-refractivity contribution in [3.8, 4) is 11.5 Å². The molecule has 31 heavy (non-hydrogen) atoms. The average molecular weight is 419 g/mol. The summed E-state index contributed by atoms with van der Waals surface area (Å²) in [5, 5.41) is 2.93. The zero-order chi connectivity index (χ0) is 21.8. The van der Waals surface area contributed by atoms with Gasteiger partial charge >= 0.3 is 6.09 Å². The summed E-state index contributed by atoms with van der Waals surface area (Å²) in [4.78, 5) is 39.2. The maximum atomic E-state index is 13.0. The molecule has 160 valence electrons. The van der Waals surface area contributed by atoms with Gasteiger partial charge in [0, 0.05) is 31.0 Å². The highest BCUT2D eigenvalue weighted by Crippen LogP contribution is 2.45. The molecule has 1 aliphatic carbocycles. The van der Waals surface area contributed by atoms with Crippen LogP contribution in [0.15, 0.2) is 42.5 Å². The number of pyridine rings is 1. The Balaban J connectivity index is 1.23. The van der Waals surface area contributed by atoms with Crippen molar-refractivity contribution in [3.63, 3.8) is 0 Å². The minimum atomic E-state index is -0.521. The number of imidazole rings is 1. The van der Waals surface area contributed by atoms with E-state index in [0.717, 1.165) is 11.0 Å². The van der Waals surface area contributed by atoms with Crippen LogP contribution in [0, 0.1) is 11.8 Å². The number of alkyl carbamates (subject to hydrolysis) is 1. The Labute approximate surface area is 180 Å². The number of rotatable bonds is 3. The molecule has 2 aromatic heterocycles. The summed E-state index contributed by atoms with van der Waals surface area (Å²) in [7, 11) is 0. The van der Waals surface area contributed by atoms with Gasteiger partial charge in [-0.15, -0.1) is 0 Å². The highest BCUT2D eigenvalue weighted by molar-refractivity contribution is 5.93. The fourth-order valence-corrected chi connectivity index (χ4v) is 4.27. The Bertz CT molecular complexity index is 1120. The average Bonchev–Trinajstić information content (AvgIpc) is 3.11. The van der Waals surface area contributed by atoms with Crippen molar-refractivity contribution in [1.29, 1.82) is 0 Å². The number of fused-ring (bicyclic) bond motifs is 2. The number of amides is 2. The first-order chi connectivity index (χ1) is 14.8. The molecule has 1 aliphatic heterocycles. The van der Waals surface area contributed by atoms with Crippen LogP contribution in [0.4, 0.5) is 4.79 Å². The monoisotopic (exact) mass is 419 g/mol. The minimum absolute atomic E-state index is 0.0775. The lowest BCUT2D eigenvalue weighted by Gasteiger charge is -2.22. The van der Waals surface area contributed by atoms with E-state index in [1.165, 1.54) is 0 Å². The van der Waals surface area contributed by atoms with Crippen LogP contribution in [-0.4, -0.2) is 56.6 Å². The van der Waals surface area contributed by atoms with Gasteiger partial charge in [0.25, 0.3) is 5.91 Å². The molecule has 8 nitrogen and oxygen atoms in total. The largest absolute Gasteiger partial charge is 0.444 e. The van der Waals surface area contributed by atoms with Crippen molar-refractivity contribution in [2.75, 3.05) is 13.1 Å². The maximum Gasteiger partial charge on any atom is 0.407 e. The minimum Gasteiger partial charge on any atom is -0.444 e. The molecule has 8 heteroatoms. The second kappa shape index (κ2) is 7.08. The summed E-state index contributed by atoms with van der Waals surface area (Å²) in [6, 6.07) is 13.2. The normalized spacial score (nSPS) is 22.3. The SMILES string of the molecule is CC(C)(C)OC(=O)NC1C2CN(C(=O)c3cccc(-c4nc5ccccc5[nH]4)n3)CC21. The molecule has 1 saturated carbocycles. The molecule has 0 radical (unpaired) electrons. The molecule has 2 amide bonds. The Kier molecular flexibility index (Phi) is 4.46. The van der Waals surface area contributed by atoms with Gasteiger partial charge in [-0.3, -0.25) is 4.79 Å². The predicted molar refractivity (Wildman–Crippen MR) is 115 cm³/mol. The van der Waals surface area contributed by atoms with Crippen LogP contribution in [0.3, 0.4) is 0 Å². The highest BCUT2D eigenvalue weighted by atomic mass is 16.6. The molecule has 2 aliphatic rings. The van der Waals surface area contributed by atoms with Crippen LogP contribution in [0.2, 0.25) is 0 Å². The quantitative estimate of drug-likeness (QED) is 0.679. The summed E-state index contributed by atoms with van der Waals surface area (Å²) in [6.07, 6.45) is -0.398. The molecule has 2 unspecified atom stereocenters. The number of carbonyl (C=O) groups excluding carboxylic acids is 2. The lowest BCUT2D eigenvalue weighted by molar-refractivity contribution is 0.0513. The third-order valence-corrected chi connectivity index (χ3v) is 5.76. The van der Waals surface area contributed by atoms with Crippen LogP contribution in [0.1, 0.15) is 31.3 Å². The summed E-state index contributed by atoms with van der Waals surface area (Å²) < 4.78 is 5.32. The predicted octanol–water partition coefficient (Wildman–Crippen LogP) is 3.22. The number of hydrogen-bond acceptors (Lipinski definition) is 5. The first-order valence-electron chi connectivity index (χ1n) is 10.5. The van der Waals surface area contributed by atoms with E-state index in [-0.39, 0.29) is 23.8 Å². The lowest BCUT2D eigenvalue weighted by atomic mass is 10.2. The smallest absolute Gasteiger partial charge is 0.407 e. The van der Waals surface area contributed by atoms with Crippen molar-refractivity contribution < 1.29 is 14.3 Å². The van der Waals surface area contributed by atoms with E-state index in [1.807, 2.05) is 62.1 Å². The third-order valence-electron chi connectivity index (χ3n) is 5.76. The van der Waals surface area contributed by atoms with Crippen molar-refractivity contribution in [2.45, 2.75) is 32.4 Å². The Morgan fingerprint density at radius 1 is 1.06 bits per heavy atom. The second-order valence-electron chi connectivity index (χ2n) is 9.22. The zero-order valence-corrected chi connectivity index (χ0v) is 17.8. The van der Waals surface area contributed by atoms with Gasteiger partial charge in [-0.25, -0.2) is 14.8 Å². The van der Waals surface area contributed by atoms with Crippen LogP contribution < -0.4 is 5.32 Å². The molecular weight excluding hydrogens is 394 g/mol. The maximum absolute atomic E-state index is 13.0. The molecule has 3 aromatic rings. The number of aromatic nitrogens is 3. The molecule has 3 heterocycles. The van der Waals surface area contributed by atoms with Crippen molar-refractivity contribution in [2.24, 2.45) is 11.8 Å².